The van der Waals surface area contributed by atoms with Crippen LogP contribution < -0.4 is 5.73 Å². The van der Waals surface area contributed by atoms with Gasteiger partial charge in [-0.25, -0.2) is 8.42 Å². The fraction of sp³-hybridized carbons (Fsp3) is 0.917. The Balaban J connectivity index is 2.06. The Morgan fingerprint density at radius 3 is 2.80 bits per heavy atom. The van der Waals surface area contributed by atoms with Gasteiger partial charge in [0.2, 0.25) is 0 Å². The summed E-state index contributed by atoms with van der Waals surface area (Å²) < 4.78 is 24.4. The highest BCUT2D eigenvalue weighted by atomic mass is 32.2. The molecule has 6 nitrogen and oxygen atoms in total. The van der Waals surface area contributed by atoms with E-state index in [-0.39, 0.29) is 22.4 Å². The number of hydrogen-bond acceptors (Lipinski definition) is 6. The summed E-state index contributed by atoms with van der Waals surface area (Å²) in [6, 6.07) is 0. The van der Waals surface area contributed by atoms with Crippen molar-refractivity contribution in [3.05, 3.63) is 0 Å². The maximum Gasteiger partial charge on any atom is 0.166 e. The number of oxime groups is 1. The largest absolute Gasteiger partial charge is 0.409 e. The van der Waals surface area contributed by atoms with Gasteiger partial charge in [-0.05, 0) is 18.3 Å². The molecular weight excluding hydrogens is 298 g/mol. The van der Waals surface area contributed by atoms with Gasteiger partial charge >= 0.3 is 0 Å². The fourth-order valence-electron chi connectivity index (χ4n) is 2.74. The van der Waals surface area contributed by atoms with Crippen molar-refractivity contribution in [1.82, 2.24) is 4.90 Å². The van der Waals surface area contributed by atoms with Crippen LogP contribution in [-0.2, 0) is 9.84 Å². The maximum atomic E-state index is 12.2. The average molecular weight is 321 g/mol. The van der Waals surface area contributed by atoms with Crippen LogP contribution in [0.4, 0.5) is 0 Å². The van der Waals surface area contributed by atoms with E-state index < -0.39 is 9.84 Å². The van der Waals surface area contributed by atoms with E-state index in [1.54, 1.807) is 18.7 Å². The molecule has 0 bridgehead atoms. The molecule has 1 unspecified atom stereocenters. The minimum atomic E-state index is -3.05. The maximum absolute atomic E-state index is 12.2. The van der Waals surface area contributed by atoms with Gasteiger partial charge in [0, 0.05) is 36.8 Å². The van der Waals surface area contributed by atoms with Gasteiger partial charge in [0.15, 0.2) is 9.84 Å². The highest BCUT2D eigenvalue weighted by molar-refractivity contribution is 8.01. The van der Waals surface area contributed by atoms with Gasteiger partial charge in [-0.15, -0.1) is 0 Å². The standard InChI is InChI=1S/C12H23N3O3S2/c1-2-20(17,18)11-8-19-6-5-15(11)9-12(3-4-12)7-10(13)14-16/h11,16H,2-9H2,1H3,(H2,13,14). The van der Waals surface area contributed by atoms with Gasteiger partial charge in [0.05, 0.1) is 0 Å². The van der Waals surface area contributed by atoms with E-state index in [4.69, 9.17) is 10.9 Å². The first-order valence-electron chi connectivity index (χ1n) is 6.92. The lowest BCUT2D eigenvalue weighted by Gasteiger charge is -2.37. The van der Waals surface area contributed by atoms with Gasteiger partial charge in [0.1, 0.15) is 11.2 Å². The molecule has 0 aromatic heterocycles. The highest BCUT2D eigenvalue weighted by Crippen LogP contribution is 2.50. The molecule has 116 valence electrons. The molecule has 2 rings (SSSR count). The first-order chi connectivity index (χ1) is 9.42. The zero-order valence-corrected chi connectivity index (χ0v) is 13.4. The Kier molecular flexibility index (Phi) is 4.86. The number of hydrogen-bond donors (Lipinski definition) is 2. The summed E-state index contributed by atoms with van der Waals surface area (Å²) in [5.74, 6) is 2.04. The summed E-state index contributed by atoms with van der Waals surface area (Å²) in [6.07, 6.45) is 2.59. The number of nitrogens with zero attached hydrogens (tertiary/aromatic N) is 2. The molecule has 0 radical (unpaired) electrons. The molecule has 1 aliphatic carbocycles. The van der Waals surface area contributed by atoms with Gasteiger partial charge in [-0.3, -0.25) is 4.90 Å². The second-order valence-corrected chi connectivity index (χ2v) is 9.32. The van der Waals surface area contributed by atoms with Crippen LogP contribution in [0.15, 0.2) is 5.16 Å². The quantitative estimate of drug-likeness (QED) is 0.324. The smallest absolute Gasteiger partial charge is 0.166 e. The van der Waals surface area contributed by atoms with Gasteiger partial charge < -0.3 is 10.9 Å². The van der Waals surface area contributed by atoms with Crippen LogP contribution in [-0.4, -0.2) is 60.1 Å². The first-order valence-corrected chi connectivity index (χ1v) is 9.79. The van der Waals surface area contributed by atoms with Gasteiger partial charge in [0.25, 0.3) is 0 Å². The number of sulfone groups is 1. The summed E-state index contributed by atoms with van der Waals surface area (Å²) in [6.45, 7) is 3.23. The Morgan fingerprint density at radius 2 is 2.25 bits per heavy atom. The summed E-state index contributed by atoms with van der Waals surface area (Å²) in [4.78, 5) is 2.09. The molecule has 0 aromatic rings. The van der Waals surface area contributed by atoms with Crippen molar-refractivity contribution in [3.8, 4) is 0 Å². The van der Waals surface area contributed by atoms with Crippen LogP contribution in [0.25, 0.3) is 0 Å². The molecule has 0 aromatic carbocycles. The molecule has 2 fully saturated rings. The second kappa shape index (κ2) is 6.11. The number of nitrogens with two attached hydrogens (primary N) is 1. The van der Waals surface area contributed by atoms with Crippen LogP contribution in [0.2, 0.25) is 0 Å². The van der Waals surface area contributed by atoms with Crippen molar-refractivity contribution in [2.45, 2.75) is 31.6 Å². The molecule has 1 saturated heterocycles. The molecule has 3 N–H and O–H groups in total. The SMILES string of the molecule is CCS(=O)(=O)C1CSCCN1CC1(CC(N)=NO)CC1. The fourth-order valence-corrected chi connectivity index (χ4v) is 5.82. The third kappa shape index (κ3) is 3.59. The van der Waals surface area contributed by atoms with Crippen LogP contribution in [0.1, 0.15) is 26.2 Å². The van der Waals surface area contributed by atoms with Gasteiger partial charge in [-0.1, -0.05) is 12.1 Å². The van der Waals surface area contributed by atoms with Crippen molar-refractivity contribution in [2.75, 3.05) is 30.3 Å². The van der Waals surface area contributed by atoms with Crippen LogP contribution >= 0.6 is 11.8 Å². The number of amidine groups is 1. The van der Waals surface area contributed by atoms with Crippen LogP contribution in [0, 0.1) is 5.41 Å². The molecule has 0 spiro atoms. The van der Waals surface area contributed by atoms with Gasteiger partial charge in [-0.2, -0.15) is 11.8 Å². The molecule has 20 heavy (non-hydrogen) atoms. The third-order valence-corrected chi connectivity index (χ3v) is 7.52. The van der Waals surface area contributed by atoms with E-state index in [1.807, 2.05) is 0 Å². The van der Waals surface area contributed by atoms with Crippen molar-refractivity contribution in [2.24, 2.45) is 16.3 Å². The molecule has 1 aliphatic heterocycles. The van der Waals surface area contributed by atoms with Crippen molar-refractivity contribution < 1.29 is 13.6 Å². The van der Waals surface area contributed by atoms with Crippen molar-refractivity contribution >= 4 is 27.4 Å². The predicted molar refractivity (Wildman–Crippen MR) is 81.8 cm³/mol. The summed E-state index contributed by atoms with van der Waals surface area (Å²) in [7, 11) is -3.05. The molecule has 1 heterocycles. The molecule has 1 saturated carbocycles. The van der Waals surface area contributed by atoms with E-state index in [0.717, 1.165) is 31.7 Å². The van der Waals surface area contributed by atoms with Crippen LogP contribution in [0.5, 0.6) is 0 Å². The topological polar surface area (TPSA) is 96.0 Å². The lowest BCUT2D eigenvalue weighted by atomic mass is 10.0. The molecule has 8 heteroatoms. The Morgan fingerprint density at radius 1 is 1.55 bits per heavy atom. The highest BCUT2D eigenvalue weighted by Gasteiger charge is 2.47. The lowest BCUT2D eigenvalue weighted by molar-refractivity contribution is 0.217. The Labute approximate surface area is 124 Å². The lowest BCUT2D eigenvalue weighted by Crippen LogP contribution is -2.50. The predicted octanol–water partition coefficient (Wildman–Crippen LogP) is 0.713. The summed E-state index contributed by atoms with van der Waals surface area (Å²) in [5, 5.41) is 11.4. The van der Waals surface area contributed by atoms with E-state index in [9.17, 15) is 8.42 Å². The minimum Gasteiger partial charge on any atom is -0.409 e. The van der Waals surface area contributed by atoms with E-state index in [2.05, 4.69) is 10.1 Å². The Bertz CT molecular complexity index is 474. The van der Waals surface area contributed by atoms with E-state index in [0.29, 0.717) is 12.2 Å². The normalized spacial score (nSPS) is 27.4. The van der Waals surface area contributed by atoms with E-state index >= 15 is 0 Å². The summed E-state index contributed by atoms with van der Waals surface area (Å²) >= 11 is 1.70. The third-order valence-electron chi connectivity index (χ3n) is 4.19. The average Bonchev–Trinajstić information content (AvgIpc) is 3.18. The number of rotatable bonds is 6. The summed E-state index contributed by atoms with van der Waals surface area (Å²) in [5.41, 5.74) is 5.62. The van der Waals surface area contributed by atoms with Crippen molar-refractivity contribution in [1.29, 1.82) is 0 Å². The molecule has 0 amide bonds. The molecule has 1 atom stereocenters. The van der Waals surface area contributed by atoms with E-state index in [1.165, 1.54) is 0 Å². The van der Waals surface area contributed by atoms with Crippen LogP contribution in [0.3, 0.4) is 0 Å². The number of thioether (sulfide) groups is 1. The second-order valence-electron chi connectivity index (χ2n) is 5.72. The zero-order valence-electron chi connectivity index (χ0n) is 11.8. The molecule has 2 aliphatic rings. The van der Waals surface area contributed by atoms with Crippen molar-refractivity contribution in [3.63, 3.8) is 0 Å². The minimum absolute atomic E-state index is 0.0137. The molecular formula is C12H23N3O3S2. The Hall–Kier alpha value is -0.470. The first kappa shape index (κ1) is 15.9. The zero-order chi connectivity index (χ0) is 14.8. The monoisotopic (exact) mass is 321 g/mol.